The van der Waals surface area contributed by atoms with Gasteiger partial charge in [-0.1, -0.05) is 0 Å². The number of nitrogens with one attached hydrogen (secondary N) is 1. The number of anilines is 1. The second-order valence-electron chi connectivity index (χ2n) is 4.30. The third-order valence-corrected chi connectivity index (χ3v) is 2.95. The first-order chi connectivity index (χ1) is 9.06. The highest BCUT2D eigenvalue weighted by Crippen LogP contribution is 2.35. The molecular formula is C13H14NO5-. The van der Waals surface area contributed by atoms with Crippen LogP contribution >= 0.6 is 0 Å². The lowest BCUT2D eigenvalue weighted by molar-refractivity contribution is -0.254. The lowest BCUT2D eigenvalue weighted by atomic mass is 10.1. The molecule has 0 saturated heterocycles. The van der Waals surface area contributed by atoms with Crippen LogP contribution in [0, 0.1) is 5.92 Å². The van der Waals surface area contributed by atoms with Crippen LogP contribution in [0.3, 0.4) is 0 Å². The zero-order valence-corrected chi connectivity index (χ0v) is 10.7. The number of carbonyl (C=O) groups is 2. The molecule has 1 saturated carbocycles. The average molecular weight is 264 g/mol. The number of rotatable bonds is 5. The van der Waals surface area contributed by atoms with Crippen molar-refractivity contribution < 1.29 is 24.2 Å². The summed E-state index contributed by atoms with van der Waals surface area (Å²) in [7, 11) is 2.84. The molecule has 1 fully saturated rings. The van der Waals surface area contributed by atoms with E-state index < -0.39 is 5.97 Å². The summed E-state index contributed by atoms with van der Waals surface area (Å²) >= 11 is 0. The number of carbonyl (C=O) groups excluding carboxylic acids is 2. The summed E-state index contributed by atoms with van der Waals surface area (Å²) in [6.45, 7) is 0. The molecule has 0 spiro atoms. The van der Waals surface area contributed by atoms with Gasteiger partial charge >= 0.3 is 0 Å². The van der Waals surface area contributed by atoms with Gasteiger partial charge in [-0.15, -0.1) is 0 Å². The summed E-state index contributed by atoms with van der Waals surface area (Å²) in [6.07, 6.45) is 1.67. The van der Waals surface area contributed by atoms with E-state index in [2.05, 4.69) is 5.32 Å². The Bertz CT molecular complexity index is 522. The van der Waals surface area contributed by atoms with Gasteiger partial charge in [0, 0.05) is 17.5 Å². The highest BCUT2D eigenvalue weighted by Gasteiger charge is 2.30. The molecule has 6 nitrogen and oxygen atoms in total. The lowest BCUT2D eigenvalue weighted by Crippen LogP contribution is -2.25. The van der Waals surface area contributed by atoms with E-state index in [1.54, 1.807) is 0 Å². The Labute approximate surface area is 110 Å². The maximum Gasteiger partial charge on any atom is 0.227 e. The predicted octanol–water partition coefficient (Wildman–Crippen LogP) is 0.416. The van der Waals surface area contributed by atoms with Gasteiger partial charge in [0.15, 0.2) is 11.5 Å². The van der Waals surface area contributed by atoms with E-state index in [9.17, 15) is 14.7 Å². The molecule has 102 valence electrons. The van der Waals surface area contributed by atoms with Crippen LogP contribution in [-0.4, -0.2) is 26.1 Å². The minimum Gasteiger partial charge on any atom is -0.545 e. The molecule has 0 radical (unpaired) electrons. The fourth-order valence-electron chi connectivity index (χ4n) is 1.73. The summed E-state index contributed by atoms with van der Waals surface area (Å²) in [4.78, 5) is 22.8. The van der Waals surface area contributed by atoms with E-state index >= 15 is 0 Å². The lowest BCUT2D eigenvalue weighted by Gasteiger charge is -2.16. The standard InChI is InChI=1S/C13H15NO5/c1-18-10-5-8(13(16)17)9(6-11(10)19-2)14-12(15)7-3-4-7/h5-7H,3-4H2,1-2H3,(H,14,15)(H,16,17)/p-1. The van der Waals surface area contributed by atoms with E-state index in [0.29, 0.717) is 5.75 Å². The normalized spacial score (nSPS) is 13.8. The van der Waals surface area contributed by atoms with Crippen LogP contribution in [0.1, 0.15) is 23.2 Å². The molecule has 1 N–H and O–H groups in total. The van der Waals surface area contributed by atoms with Gasteiger partial charge in [-0.05, 0) is 18.9 Å². The fraction of sp³-hybridized carbons (Fsp3) is 0.385. The molecule has 0 atom stereocenters. The first-order valence-corrected chi connectivity index (χ1v) is 5.85. The van der Waals surface area contributed by atoms with E-state index in [0.717, 1.165) is 12.8 Å². The van der Waals surface area contributed by atoms with Crippen LogP contribution < -0.4 is 19.9 Å². The minimum absolute atomic E-state index is 0.0253. The molecule has 0 unspecified atom stereocenters. The summed E-state index contributed by atoms with van der Waals surface area (Å²) in [5, 5.41) is 13.7. The first kappa shape index (κ1) is 13.2. The predicted molar refractivity (Wildman–Crippen MR) is 65.2 cm³/mol. The summed E-state index contributed by atoms with van der Waals surface area (Å²) < 4.78 is 10.1. The van der Waals surface area contributed by atoms with Crippen molar-refractivity contribution in [2.24, 2.45) is 5.92 Å². The van der Waals surface area contributed by atoms with Crippen LogP contribution in [0.4, 0.5) is 5.69 Å². The van der Waals surface area contributed by atoms with E-state index in [4.69, 9.17) is 9.47 Å². The van der Waals surface area contributed by atoms with Crippen LogP contribution in [0.2, 0.25) is 0 Å². The van der Waals surface area contributed by atoms with Crippen molar-refractivity contribution in [3.63, 3.8) is 0 Å². The fourth-order valence-corrected chi connectivity index (χ4v) is 1.73. The van der Waals surface area contributed by atoms with Gasteiger partial charge in [0.25, 0.3) is 0 Å². The molecule has 19 heavy (non-hydrogen) atoms. The molecule has 1 aliphatic rings. The van der Waals surface area contributed by atoms with Gasteiger partial charge in [0.2, 0.25) is 5.91 Å². The number of amides is 1. The molecule has 0 aliphatic heterocycles. The molecule has 0 aromatic heterocycles. The Morgan fingerprint density at radius 1 is 1.21 bits per heavy atom. The Morgan fingerprint density at radius 2 is 1.79 bits per heavy atom. The molecule has 1 aromatic carbocycles. The van der Waals surface area contributed by atoms with E-state index in [1.165, 1.54) is 26.4 Å². The van der Waals surface area contributed by atoms with Crippen molar-refractivity contribution in [2.45, 2.75) is 12.8 Å². The third-order valence-electron chi connectivity index (χ3n) is 2.95. The van der Waals surface area contributed by atoms with E-state index in [-0.39, 0.29) is 28.8 Å². The van der Waals surface area contributed by atoms with Gasteiger partial charge < -0.3 is 24.7 Å². The van der Waals surface area contributed by atoms with Gasteiger partial charge in [-0.2, -0.15) is 0 Å². The zero-order valence-electron chi connectivity index (χ0n) is 10.7. The monoisotopic (exact) mass is 264 g/mol. The first-order valence-electron chi connectivity index (χ1n) is 5.85. The Hall–Kier alpha value is -2.24. The van der Waals surface area contributed by atoms with Crippen molar-refractivity contribution in [2.75, 3.05) is 19.5 Å². The minimum atomic E-state index is -1.38. The molecule has 6 heteroatoms. The SMILES string of the molecule is COc1cc(NC(=O)C2CC2)c(C(=O)[O-])cc1OC. The number of carboxylic acid groups (broad SMARTS) is 1. The maximum absolute atomic E-state index is 11.7. The Morgan fingerprint density at radius 3 is 2.26 bits per heavy atom. The second kappa shape index (κ2) is 5.17. The molecule has 1 amide bonds. The average Bonchev–Trinajstić information content (AvgIpc) is 3.22. The molecule has 0 bridgehead atoms. The van der Waals surface area contributed by atoms with Crippen LogP contribution in [0.15, 0.2) is 12.1 Å². The van der Waals surface area contributed by atoms with Gasteiger partial charge in [-0.3, -0.25) is 4.79 Å². The van der Waals surface area contributed by atoms with Gasteiger partial charge in [0.05, 0.1) is 25.9 Å². The number of carboxylic acids is 1. The zero-order chi connectivity index (χ0) is 14.0. The number of aromatic carboxylic acids is 1. The van der Waals surface area contributed by atoms with Crippen molar-refractivity contribution in [3.8, 4) is 11.5 Å². The summed E-state index contributed by atoms with van der Waals surface area (Å²) in [5.41, 5.74) is 0.0289. The highest BCUT2D eigenvalue weighted by molar-refractivity contribution is 6.02. The van der Waals surface area contributed by atoms with Crippen molar-refractivity contribution in [3.05, 3.63) is 17.7 Å². The number of benzene rings is 1. The third kappa shape index (κ3) is 2.78. The molecule has 0 heterocycles. The highest BCUT2D eigenvalue weighted by atomic mass is 16.5. The number of hydrogen-bond donors (Lipinski definition) is 1. The van der Waals surface area contributed by atoms with Crippen LogP contribution in [0.25, 0.3) is 0 Å². The topological polar surface area (TPSA) is 87.7 Å². The van der Waals surface area contributed by atoms with Crippen molar-refractivity contribution in [1.29, 1.82) is 0 Å². The Kier molecular flexibility index (Phi) is 3.59. The molecule has 1 aromatic rings. The molecular weight excluding hydrogens is 250 g/mol. The molecule has 2 rings (SSSR count). The number of hydrogen-bond acceptors (Lipinski definition) is 5. The number of methoxy groups -OCH3 is 2. The van der Waals surface area contributed by atoms with Crippen LogP contribution in [-0.2, 0) is 4.79 Å². The second-order valence-corrected chi connectivity index (χ2v) is 4.30. The van der Waals surface area contributed by atoms with Crippen molar-refractivity contribution in [1.82, 2.24) is 0 Å². The molecule has 1 aliphatic carbocycles. The van der Waals surface area contributed by atoms with Gasteiger partial charge in [-0.25, -0.2) is 0 Å². The van der Waals surface area contributed by atoms with E-state index in [1.807, 2.05) is 0 Å². The van der Waals surface area contributed by atoms with Crippen LogP contribution in [0.5, 0.6) is 11.5 Å². The van der Waals surface area contributed by atoms with Crippen molar-refractivity contribution >= 4 is 17.6 Å². The Balaban J connectivity index is 2.37. The smallest absolute Gasteiger partial charge is 0.227 e. The van der Waals surface area contributed by atoms with Gasteiger partial charge in [0.1, 0.15) is 0 Å². The summed E-state index contributed by atoms with van der Waals surface area (Å²) in [5.74, 6) is -0.978. The quantitative estimate of drug-likeness (QED) is 0.832. The summed E-state index contributed by atoms with van der Waals surface area (Å²) in [6, 6.07) is 2.70. The maximum atomic E-state index is 11.7. The number of ether oxygens (including phenoxy) is 2. The largest absolute Gasteiger partial charge is 0.545 e.